The second-order valence-electron chi connectivity index (χ2n) is 3.85. The maximum Gasteiger partial charge on any atom is 0.241 e. The van der Waals surface area contributed by atoms with Crippen molar-refractivity contribution in [3.05, 3.63) is 26.4 Å². The van der Waals surface area contributed by atoms with Crippen LogP contribution < -0.4 is 4.72 Å². The molecule has 0 saturated carbocycles. The number of nitrogens with one attached hydrogen (secondary N) is 1. The lowest BCUT2D eigenvalue weighted by Crippen LogP contribution is -2.26. The van der Waals surface area contributed by atoms with E-state index in [1.165, 1.54) is 11.3 Å². The first kappa shape index (κ1) is 14.6. The van der Waals surface area contributed by atoms with E-state index < -0.39 is 10.0 Å². The van der Waals surface area contributed by atoms with Crippen LogP contribution in [0.5, 0.6) is 0 Å². The van der Waals surface area contributed by atoms with Crippen molar-refractivity contribution < 1.29 is 12.9 Å². The number of thiophene rings is 1. The summed E-state index contributed by atoms with van der Waals surface area (Å²) < 4.78 is 32.3. The molecule has 0 aliphatic carbocycles. The fourth-order valence-corrected chi connectivity index (χ4v) is 4.96. The minimum absolute atomic E-state index is 0.230. The van der Waals surface area contributed by atoms with Crippen molar-refractivity contribution in [3.8, 4) is 0 Å². The summed E-state index contributed by atoms with van der Waals surface area (Å²) in [6.45, 7) is 3.69. The first-order valence-electron chi connectivity index (χ1n) is 5.43. The Balaban J connectivity index is 2.00. The summed E-state index contributed by atoms with van der Waals surface area (Å²) in [5.74, 6) is 0.957. The average molecular weight is 366 g/mol. The minimum atomic E-state index is -3.49. The Hall–Kier alpha value is -0.770. The van der Waals surface area contributed by atoms with E-state index in [-0.39, 0.29) is 6.54 Å². The van der Waals surface area contributed by atoms with Gasteiger partial charge in [0.2, 0.25) is 15.9 Å². The van der Waals surface area contributed by atoms with E-state index in [0.717, 1.165) is 8.66 Å². The fourth-order valence-electron chi connectivity index (χ4n) is 1.52. The highest BCUT2D eigenvalue weighted by molar-refractivity contribution is 9.11. The molecule has 0 aromatic carbocycles. The number of sulfonamides is 1. The summed E-state index contributed by atoms with van der Waals surface area (Å²) in [6.07, 6.45) is 0.390. The first-order chi connectivity index (χ1) is 8.88. The lowest BCUT2D eigenvalue weighted by atomic mass is 10.4. The van der Waals surface area contributed by atoms with E-state index >= 15 is 0 Å². The van der Waals surface area contributed by atoms with Crippen molar-refractivity contribution in [1.82, 2.24) is 14.9 Å². The number of aryl methyl sites for hydroxylation is 2. The summed E-state index contributed by atoms with van der Waals surface area (Å²) in [7, 11) is -3.49. The Morgan fingerprint density at radius 2 is 2.21 bits per heavy atom. The lowest BCUT2D eigenvalue weighted by Gasteiger charge is -2.04. The summed E-state index contributed by atoms with van der Waals surface area (Å²) >= 11 is 4.66. The average Bonchev–Trinajstić information content (AvgIpc) is 2.85. The summed E-state index contributed by atoms with van der Waals surface area (Å²) in [4.78, 5) is 5.05. The van der Waals surface area contributed by atoms with Gasteiger partial charge < -0.3 is 4.52 Å². The Labute approximate surface area is 123 Å². The molecule has 104 valence electrons. The fraction of sp³-hybridized carbons (Fsp3) is 0.400. The molecule has 0 bridgehead atoms. The van der Waals surface area contributed by atoms with Gasteiger partial charge in [-0.1, -0.05) is 5.16 Å². The van der Waals surface area contributed by atoms with Crippen LogP contribution >= 0.6 is 27.3 Å². The van der Waals surface area contributed by atoms with Crippen molar-refractivity contribution in [2.24, 2.45) is 0 Å². The van der Waals surface area contributed by atoms with Crippen LogP contribution in [0, 0.1) is 13.8 Å². The lowest BCUT2D eigenvalue weighted by molar-refractivity contribution is 0.387. The molecule has 0 aliphatic rings. The second-order valence-corrected chi connectivity index (χ2v) is 8.22. The van der Waals surface area contributed by atoms with Gasteiger partial charge in [0.15, 0.2) is 5.82 Å². The van der Waals surface area contributed by atoms with Crippen molar-refractivity contribution in [1.29, 1.82) is 0 Å². The van der Waals surface area contributed by atoms with Gasteiger partial charge in [0.05, 0.1) is 8.68 Å². The smallest absolute Gasteiger partial charge is 0.241 e. The van der Waals surface area contributed by atoms with E-state index in [1.807, 2.05) is 0 Å². The number of hydrogen-bond donors (Lipinski definition) is 1. The third-order valence-corrected chi connectivity index (χ3v) is 5.61. The highest BCUT2D eigenvalue weighted by Gasteiger charge is 2.19. The summed E-state index contributed by atoms with van der Waals surface area (Å²) in [5, 5.41) is 3.70. The van der Waals surface area contributed by atoms with Crippen LogP contribution in [-0.2, 0) is 16.4 Å². The zero-order chi connectivity index (χ0) is 14.0. The van der Waals surface area contributed by atoms with Gasteiger partial charge in [-0.3, -0.25) is 0 Å². The van der Waals surface area contributed by atoms with E-state index in [1.54, 1.807) is 19.9 Å². The molecular formula is C10H12BrN3O3S2. The molecule has 2 aromatic heterocycles. The highest BCUT2D eigenvalue weighted by Crippen LogP contribution is 2.29. The molecule has 6 nitrogen and oxygen atoms in total. The SMILES string of the molecule is Cc1nc(CCNS(=O)(=O)c2cc(Br)sc2C)no1. The van der Waals surface area contributed by atoms with Crippen LogP contribution in [0.4, 0.5) is 0 Å². The topological polar surface area (TPSA) is 85.1 Å². The van der Waals surface area contributed by atoms with Crippen molar-refractivity contribution in [2.75, 3.05) is 6.54 Å². The molecule has 0 fully saturated rings. The van der Waals surface area contributed by atoms with Gasteiger partial charge in [-0.25, -0.2) is 13.1 Å². The maximum absolute atomic E-state index is 12.1. The van der Waals surface area contributed by atoms with Crippen LogP contribution in [0.3, 0.4) is 0 Å². The maximum atomic E-state index is 12.1. The second kappa shape index (κ2) is 5.70. The van der Waals surface area contributed by atoms with Crippen LogP contribution in [-0.4, -0.2) is 25.1 Å². The van der Waals surface area contributed by atoms with Gasteiger partial charge >= 0.3 is 0 Å². The van der Waals surface area contributed by atoms with Gasteiger partial charge in [-0.05, 0) is 28.9 Å². The number of hydrogen-bond acceptors (Lipinski definition) is 6. The minimum Gasteiger partial charge on any atom is -0.340 e. The molecule has 0 saturated heterocycles. The Morgan fingerprint density at radius 3 is 2.74 bits per heavy atom. The van der Waals surface area contributed by atoms with Crippen LogP contribution in [0.25, 0.3) is 0 Å². The molecule has 19 heavy (non-hydrogen) atoms. The predicted octanol–water partition coefficient (Wildman–Crippen LogP) is 2.03. The molecule has 2 aromatic rings. The quantitative estimate of drug-likeness (QED) is 0.875. The number of rotatable bonds is 5. The molecule has 9 heteroatoms. The molecule has 0 unspecified atom stereocenters. The normalized spacial score (nSPS) is 11.9. The molecular weight excluding hydrogens is 354 g/mol. The Morgan fingerprint density at radius 1 is 1.47 bits per heavy atom. The molecule has 1 N–H and O–H groups in total. The zero-order valence-corrected chi connectivity index (χ0v) is 13.5. The largest absolute Gasteiger partial charge is 0.340 e. The predicted molar refractivity (Wildman–Crippen MR) is 74.7 cm³/mol. The van der Waals surface area contributed by atoms with E-state index in [4.69, 9.17) is 4.52 Å². The molecule has 2 heterocycles. The van der Waals surface area contributed by atoms with Gasteiger partial charge in [0, 0.05) is 24.8 Å². The number of halogens is 1. The van der Waals surface area contributed by atoms with Crippen molar-refractivity contribution >= 4 is 37.3 Å². The third-order valence-electron chi connectivity index (χ3n) is 2.34. The Kier molecular flexibility index (Phi) is 4.39. The molecule has 0 radical (unpaired) electrons. The molecule has 2 rings (SSSR count). The molecule has 0 spiro atoms. The monoisotopic (exact) mass is 365 g/mol. The van der Waals surface area contributed by atoms with Crippen LogP contribution in [0.15, 0.2) is 19.3 Å². The first-order valence-corrected chi connectivity index (χ1v) is 8.52. The third kappa shape index (κ3) is 3.62. The molecule has 0 amide bonds. The van der Waals surface area contributed by atoms with Crippen LogP contribution in [0.1, 0.15) is 16.6 Å². The zero-order valence-electron chi connectivity index (χ0n) is 10.3. The van der Waals surface area contributed by atoms with Crippen LogP contribution in [0.2, 0.25) is 0 Å². The number of aromatic nitrogens is 2. The summed E-state index contributed by atoms with van der Waals surface area (Å²) in [6, 6.07) is 1.60. The Bertz CT molecular complexity index is 678. The van der Waals surface area contributed by atoms with Gasteiger partial charge in [0.25, 0.3) is 0 Å². The van der Waals surface area contributed by atoms with Crippen molar-refractivity contribution in [3.63, 3.8) is 0 Å². The van der Waals surface area contributed by atoms with Gasteiger partial charge in [0.1, 0.15) is 0 Å². The summed E-state index contributed by atoms with van der Waals surface area (Å²) in [5.41, 5.74) is 0. The van der Waals surface area contributed by atoms with Gasteiger partial charge in [-0.2, -0.15) is 4.98 Å². The standard InChI is InChI=1S/C10H12BrN3O3S2/c1-6-8(5-9(11)18-6)19(15,16)12-4-3-10-13-7(2)17-14-10/h5,12H,3-4H2,1-2H3. The van der Waals surface area contributed by atoms with E-state index in [0.29, 0.717) is 23.0 Å². The molecule has 0 atom stereocenters. The number of nitrogens with zero attached hydrogens (tertiary/aromatic N) is 2. The molecule has 0 aliphatic heterocycles. The highest BCUT2D eigenvalue weighted by atomic mass is 79.9. The van der Waals surface area contributed by atoms with E-state index in [2.05, 4.69) is 30.8 Å². The van der Waals surface area contributed by atoms with E-state index in [9.17, 15) is 8.42 Å². The van der Waals surface area contributed by atoms with Crippen molar-refractivity contribution in [2.45, 2.75) is 25.2 Å². The van der Waals surface area contributed by atoms with Gasteiger partial charge in [-0.15, -0.1) is 11.3 Å².